The summed E-state index contributed by atoms with van der Waals surface area (Å²) in [5.41, 5.74) is 1.23. The van der Waals surface area contributed by atoms with Crippen LogP contribution in [0.5, 0.6) is 5.75 Å². The van der Waals surface area contributed by atoms with Gasteiger partial charge in [-0.25, -0.2) is 0 Å². The van der Waals surface area contributed by atoms with Crippen molar-refractivity contribution in [2.75, 3.05) is 78.8 Å². The molecule has 2 aliphatic rings. The number of morpholine rings is 1. The first-order chi connectivity index (χ1) is 13.2. The number of β-amino-alcohol motifs (C(OH)–C–C–N with tert-alkyl or cyclic N) is 2. The molecule has 0 saturated carbocycles. The average molecular weight is 380 g/mol. The van der Waals surface area contributed by atoms with Crippen LogP contribution >= 0.6 is 0 Å². The number of hydrogen-bond acceptors (Lipinski definition) is 7. The summed E-state index contributed by atoms with van der Waals surface area (Å²) in [5, 5.41) is 19.3. The van der Waals surface area contributed by atoms with Gasteiger partial charge in [-0.3, -0.25) is 14.7 Å². The molecule has 1 aromatic rings. The topological polar surface area (TPSA) is 68.6 Å². The molecule has 0 radical (unpaired) electrons. The minimum atomic E-state index is -0.494. The summed E-state index contributed by atoms with van der Waals surface area (Å²) in [6, 6.07) is 8.16. The van der Waals surface area contributed by atoms with Gasteiger partial charge in [-0.15, -0.1) is 0 Å². The van der Waals surface area contributed by atoms with Crippen LogP contribution in [0.3, 0.4) is 0 Å². The third kappa shape index (κ3) is 7.03. The maximum absolute atomic E-state index is 10.2. The van der Waals surface area contributed by atoms with E-state index in [0.717, 1.165) is 71.3 Å². The van der Waals surface area contributed by atoms with Crippen molar-refractivity contribution >= 4 is 0 Å². The van der Waals surface area contributed by atoms with Crippen LogP contribution in [0.25, 0.3) is 0 Å². The SMILES string of the molecule is OCCN1CCN(Cc2cccc(OCC(O)CN3CCOCC3)c2)CC1. The Kier molecular flexibility index (Phi) is 8.32. The van der Waals surface area contributed by atoms with Crippen molar-refractivity contribution in [1.29, 1.82) is 0 Å². The molecule has 1 aromatic carbocycles. The molecule has 152 valence electrons. The van der Waals surface area contributed by atoms with E-state index in [2.05, 4.69) is 26.8 Å². The van der Waals surface area contributed by atoms with E-state index in [9.17, 15) is 5.11 Å². The van der Waals surface area contributed by atoms with Gasteiger partial charge in [0.25, 0.3) is 0 Å². The maximum Gasteiger partial charge on any atom is 0.119 e. The Hall–Kier alpha value is -1.22. The summed E-state index contributed by atoms with van der Waals surface area (Å²) < 4.78 is 11.2. The van der Waals surface area contributed by atoms with Crippen molar-refractivity contribution in [2.45, 2.75) is 12.6 Å². The molecular weight excluding hydrogens is 346 g/mol. The minimum absolute atomic E-state index is 0.233. The van der Waals surface area contributed by atoms with Crippen molar-refractivity contribution < 1.29 is 19.7 Å². The van der Waals surface area contributed by atoms with E-state index in [4.69, 9.17) is 14.6 Å². The number of aliphatic hydroxyl groups is 2. The van der Waals surface area contributed by atoms with Crippen molar-refractivity contribution in [3.63, 3.8) is 0 Å². The van der Waals surface area contributed by atoms with Gasteiger partial charge >= 0.3 is 0 Å². The molecule has 0 aliphatic carbocycles. The molecule has 2 heterocycles. The fraction of sp³-hybridized carbons (Fsp3) is 0.700. The Morgan fingerprint density at radius 2 is 1.74 bits per heavy atom. The van der Waals surface area contributed by atoms with E-state index in [0.29, 0.717) is 13.2 Å². The molecular formula is C20H33N3O4. The molecule has 2 saturated heterocycles. The van der Waals surface area contributed by atoms with Crippen LogP contribution < -0.4 is 4.74 Å². The maximum atomic E-state index is 10.2. The van der Waals surface area contributed by atoms with Gasteiger partial charge in [0.1, 0.15) is 18.5 Å². The van der Waals surface area contributed by atoms with Crippen molar-refractivity contribution in [1.82, 2.24) is 14.7 Å². The van der Waals surface area contributed by atoms with E-state index in [1.165, 1.54) is 5.56 Å². The van der Waals surface area contributed by atoms with E-state index in [-0.39, 0.29) is 6.61 Å². The first-order valence-electron chi connectivity index (χ1n) is 9.98. The van der Waals surface area contributed by atoms with Gasteiger partial charge < -0.3 is 19.7 Å². The second kappa shape index (κ2) is 10.9. The summed E-state index contributed by atoms with van der Waals surface area (Å²) in [7, 11) is 0. The quantitative estimate of drug-likeness (QED) is 0.619. The highest BCUT2D eigenvalue weighted by atomic mass is 16.5. The molecule has 0 amide bonds. The zero-order valence-corrected chi connectivity index (χ0v) is 16.1. The summed E-state index contributed by atoms with van der Waals surface area (Å²) >= 11 is 0. The first kappa shape index (κ1) is 20.5. The highest BCUT2D eigenvalue weighted by molar-refractivity contribution is 5.28. The number of benzene rings is 1. The number of aliphatic hydroxyl groups excluding tert-OH is 2. The van der Waals surface area contributed by atoms with Gasteiger partial charge in [0.05, 0.1) is 19.8 Å². The average Bonchev–Trinajstić information content (AvgIpc) is 2.69. The second-order valence-corrected chi connectivity index (χ2v) is 7.37. The fourth-order valence-corrected chi connectivity index (χ4v) is 3.63. The smallest absolute Gasteiger partial charge is 0.119 e. The number of piperazine rings is 1. The first-order valence-corrected chi connectivity index (χ1v) is 9.98. The van der Waals surface area contributed by atoms with Crippen LogP contribution in [-0.4, -0.2) is 110 Å². The van der Waals surface area contributed by atoms with E-state index < -0.39 is 6.10 Å². The highest BCUT2D eigenvalue weighted by Gasteiger charge is 2.17. The van der Waals surface area contributed by atoms with Crippen LogP contribution in [0.4, 0.5) is 0 Å². The number of rotatable bonds is 9. The predicted molar refractivity (Wildman–Crippen MR) is 104 cm³/mol. The Bertz CT molecular complexity index is 546. The van der Waals surface area contributed by atoms with Crippen molar-refractivity contribution in [2.24, 2.45) is 0 Å². The Morgan fingerprint density at radius 3 is 2.48 bits per heavy atom. The van der Waals surface area contributed by atoms with Gasteiger partial charge in [0.2, 0.25) is 0 Å². The number of ether oxygens (including phenoxy) is 2. The van der Waals surface area contributed by atoms with Crippen LogP contribution in [0, 0.1) is 0 Å². The third-order valence-electron chi connectivity index (χ3n) is 5.20. The predicted octanol–water partition coefficient (Wildman–Crippen LogP) is -0.132. The molecule has 0 bridgehead atoms. The summed E-state index contributed by atoms with van der Waals surface area (Å²) in [5.74, 6) is 0.812. The third-order valence-corrected chi connectivity index (χ3v) is 5.20. The van der Waals surface area contributed by atoms with Gasteiger partial charge in [-0.1, -0.05) is 12.1 Å². The lowest BCUT2D eigenvalue weighted by molar-refractivity contribution is 0.00464. The lowest BCUT2D eigenvalue weighted by Gasteiger charge is -2.34. The largest absolute Gasteiger partial charge is 0.491 e. The molecule has 1 unspecified atom stereocenters. The monoisotopic (exact) mass is 379 g/mol. The summed E-state index contributed by atoms with van der Waals surface area (Å²) in [4.78, 5) is 6.94. The van der Waals surface area contributed by atoms with E-state index in [1.807, 2.05) is 12.1 Å². The lowest BCUT2D eigenvalue weighted by Crippen LogP contribution is -2.46. The van der Waals surface area contributed by atoms with Crippen LogP contribution in [-0.2, 0) is 11.3 Å². The van der Waals surface area contributed by atoms with E-state index in [1.54, 1.807) is 0 Å². The van der Waals surface area contributed by atoms with Gasteiger partial charge in [-0.2, -0.15) is 0 Å². The lowest BCUT2D eigenvalue weighted by atomic mass is 10.2. The van der Waals surface area contributed by atoms with E-state index >= 15 is 0 Å². The number of nitrogens with zero attached hydrogens (tertiary/aromatic N) is 3. The van der Waals surface area contributed by atoms with Crippen molar-refractivity contribution in [3.05, 3.63) is 29.8 Å². The minimum Gasteiger partial charge on any atom is -0.491 e. The van der Waals surface area contributed by atoms with Gasteiger partial charge in [0, 0.05) is 58.9 Å². The van der Waals surface area contributed by atoms with Crippen LogP contribution in [0.1, 0.15) is 5.56 Å². The molecule has 2 aliphatic heterocycles. The molecule has 2 fully saturated rings. The zero-order valence-electron chi connectivity index (χ0n) is 16.1. The number of hydrogen-bond donors (Lipinski definition) is 2. The summed E-state index contributed by atoms with van der Waals surface area (Å²) in [6.07, 6.45) is -0.494. The standard InChI is InChI=1S/C20H33N3O4/c24-11-8-21-4-6-22(7-5-21)15-18-2-1-3-20(14-18)27-17-19(25)16-23-9-12-26-13-10-23/h1-3,14,19,24-25H,4-13,15-17H2. The Balaban J connectivity index is 1.40. The molecule has 7 heteroatoms. The Morgan fingerprint density at radius 1 is 1.00 bits per heavy atom. The second-order valence-electron chi connectivity index (χ2n) is 7.37. The molecule has 2 N–H and O–H groups in total. The van der Waals surface area contributed by atoms with Crippen LogP contribution in [0.15, 0.2) is 24.3 Å². The van der Waals surface area contributed by atoms with Gasteiger partial charge in [0.15, 0.2) is 0 Å². The van der Waals surface area contributed by atoms with Gasteiger partial charge in [-0.05, 0) is 17.7 Å². The molecule has 0 aromatic heterocycles. The fourth-order valence-electron chi connectivity index (χ4n) is 3.63. The highest BCUT2D eigenvalue weighted by Crippen LogP contribution is 2.16. The van der Waals surface area contributed by atoms with Crippen molar-refractivity contribution in [3.8, 4) is 5.75 Å². The van der Waals surface area contributed by atoms with Crippen LogP contribution in [0.2, 0.25) is 0 Å². The molecule has 3 rings (SSSR count). The molecule has 7 nitrogen and oxygen atoms in total. The molecule has 0 spiro atoms. The normalized spacial score (nSPS) is 21.3. The molecule has 1 atom stereocenters. The summed E-state index contributed by atoms with van der Waals surface area (Å²) in [6.45, 7) is 10.1. The Labute approximate surface area is 162 Å². The molecule has 27 heavy (non-hydrogen) atoms. The zero-order chi connectivity index (χ0) is 18.9.